The topological polar surface area (TPSA) is 43.1 Å². The average molecular weight is 297 g/mol. The maximum Gasteiger partial charge on any atom is 0.249 e. The van der Waals surface area contributed by atoms with Crippen LogP contribution in [-0.4, -0.2) is 16.4 Å². The molecule has 1 aromatic rings. The predicted octanol–water partition coefficient (Wildman–Crippen LogP) is 3.47. The molecule has 108 valence electrons. The van der Waals surface area contributed by atoms with E-state index in [-0.39, 0.29) is 5.91 Å². The number of amides is 1. The lowest BCUT2D eigenvalue weighted by molar-refractivity contribution is -0.114. The molecule has 2 aliphatic carbocycles. The second-order valence-corrected chi connectivity index (χ2v) is 7.54. The van der Waals surface area contributed by atoms with E-state index in [1.807, 2.05) is 0 Å². The van der Waals surface area contributed by atoms with E-state index in [0.717, 1.165) is 18.4 Å². The Labute approximate surface area is 129 Å². The fraction of sp³-hybridized carbons (Fsp3) is 0.389. The number of benzene rings is 1. The van der Waals surface area contributed by atoms with E-state index in [0.29, 0.717) is 10.5 Å². The highest BCUT2D eigenvalue weighted by Gasteiger charge is 2.38. The first-order chi connectivity index (χ1) is 10.2. The fourth-order valence-corrected chi connectivity index (χ4v) is 5.59. The van der Waals surface area contributed by atoms with Crippen molar-refractivity contribution in [1.29, 1.82) is 0 Å². The van der Waals surface area contributed by atoms with Crippen LogP contribution in [0.25, 0.3) is 6.08 Å². The molecule has 1 amide bonds. The first-order valence-electron chi connectivity index (χ1n) is 7.72. The molecular weight excluding hydrogens is 278 g/mol. The zero-order chi connectivity index (χ0) is 14.4. The molecule has 0 saturated heterocycles. The van der Waals surface area contributed by atoms with Crippen LogP contribution in [0.1, 0.15) is 36.8 Å². The number of hydrogen-bond acceptors (Lipinski definition) is 2. The van der Waals surface area contributed by atoms with E-state index in [9.17, 15) is 4.79 Å². The number of hydrogen-bond donors (Lipinski definition) is 1. The van der Waals surface area contributed by atoms with Crippen LogP contribution in [0.2, 0.25) is 0 Å². The van der Waals surface area contributed by atoms with Crippen LogP contribution in [-0.2, 0) is 11.2 Å². The molecule has 3 aliphatic rings. The molecule has 0 aromatic heterocycles. The second kappa shape index (κ2) is 5.06. The SMILES string of the molecule is NC(=O)C1=C2CCCCC2SC2Cc3ccccc3C=C12. The molecule has 1 heterocycles. The molecule has 3 heteroatoms. The standard InChI is InChI=1S/C18H19NOS/c19-18(20)17-13-7-3-4-8-15(13)21-16-10-12-6-2-1-5-11(12)9-14(16)17/h1-2,5-6,9,15-16H,3-4,7-8,10H2,(H2,19,20). The third-order valence-electron chi connectivity index (χ3n) is 4.85. The van der Waals surface area contributed by atoms with Crippen LogP contribution in [0.5, 0.6) is 0 Å². The molecule has 4 rings (SSSR count). The summed E-state index contributed by atoms with van der Waals surface area (Å²) in [6.45, 7) is 0. The van der Waals surface area contributed by atoms with Crippen molar-refractivity contribution in [2.75, 3.05) is 0 Å². The summed E-state index contributed by atoms with van der Waals surface area (Å²) >= 11 is 2.05. The van der Waals surface area contributed by atoms with Crippen LogP contribution < -0.4 is 5.73 Å². The Bertz CT molecular complexity index is 674. The van der Waals surface area contributed by atoms with Gasteiger partial charge in [-0.05, 0) is 54.0 Å². The lowest BCUT2D eigenvalue weighted by atomic mass is 9.81. The maximum atomic E-state index is 12.1. The van der Waals surface area contributed by atoms with Gasteiger partial charge in [-0.25, -0.2) is 0 Å². The van der Waals surface area contributed by atoms with E-state index in [1.54, 1.807) is 0 Å². The van der Waals surface area contributed by atoms with Gasteiger partial charge in [-0.3, -0.25) is 4.79 Å². The first-order valence-corrected chi connectivity index (χ1v) is 8.66. The van der Waals surface area contributed by atoms with Gasteiger partial charge in [0.1, 0.15) is 0 Å². The number of carbonyl (C=O) groups excluding carboxylic acids is 1. The molecule has 1 saturated carbocycles. The average Bonchev–Trinajstić information content (AvgIpc) is 2.50. The highest BCUT2D eigenvalue weighted by molar-refractivity contribution is 8.01. The Morgan fingerprint density at radius 3 is 2.90 bits per heavy atom. The number of primary amides is 1. The number of carbonyl (C=O) groups is 1. The van der Waals surface area contributed by atoms with Gasteiger partial charge in [-0.15, -0.1) is 11.8 Å². The zero-order valence-electron chi connectivity index (χ0n) is 12.0. The second-order valence-electron chi connectivity index (χ2n) is 6.13. The van der Waals surface area contributed by atoms with Crippen molar-refractivity contribution in [3.8, 4) is 0 Å². The van der Waals surface area contributed by atoms with Gasteiger partial charge >= 0.3 is 0 Å². The summed E-state index contributed by atoms with van der Waals surface area (Å²) in [7, 11) is 0. The maximum absolute atomic E-state index is 12.1. The Hall–Kier alpha value is -1.48. The van der Waals surface area contributed by atoms with Crippen LogP contribution in [0, 0.1) is 0 Å². The predicted molar refractivity (Wildman–Crippen MR) is 88.0 cm³/mol. The molecule has 2 N–H and O–H groups in total. The van der Waals surface area contributed by atoms with E-state index < -0.39 is 0 Å². The van der Waals surface area contributed by atoms with Gasteiger partial charge in [0.25, 0.3) is 0 Å². The molecular formula is C18H19NOS. The first kappa shape index (κ1) is 13.2. The minimum atomic E-state index is -0.229. The van der Waals surface area contributed by atoms with Crippen molar-refractivity contribution in [3.63, 3.8) is 0 Å². The molecule has 2 nitrogen and oxygen atoms in total. The molecule has 2 atom stereocenters. The highest BCUT2D eigenvalue weighted by atomic mass is 32.2. The molecule has 1 aromatic carbocycles. The Kier molecular flexibility index (Phi) is 3.18. The van der Waals surface area contributed by atoms with Crippen LogP contribution in [0.4, 0.5) is 0 Å². The van der Waals surface area contributed by atoms with Crippen LogP contribution >= 0.6 is 11.8 Å². The molecule has 0 spiro atoms. The minimum Gasteiger partial charge on any atom is -0.366 e. The number of thioether (sulfide) groups is 1. The van der Waals surface area contributed by atoms with Crippen molar-refractivity contribution < 1.29 is 4.79 Å². The number of fused-ring (bicyclic) bond motifs is 3. The summed E-state index contributed by atoms with van der Waals surface area (Å²) in [5.41, 5.74) is 11.8. The van der Waals surface area contributed by atoms with Crippen molar-refractivity contribution in [2.45, 2.75) is 42.6 Å². The normalized spacial score (nSPS) is 27.3. The summed E-state index contributed by atoms with van der Waals surface area (Å²) in [6, 6.07) is 8.50. The van der Waals surface area contributed by atoms with Crippen molar-refractivity contribution in [2.24, 2.45) is 5.73 Å². The number of rotatable bonds is 1. The Morgan fingerprint density at radius 1 is 1.19 bits per heavy atom. The smallest absolute Gasteiger partial charge is 0.249 e. The summed E-state index contributed by atoms with van der Waals surface area (Å²) in [5.74, 6) is -0.229. The minimum absolute atomic E-state index is 0.229. The van der Waals surface area contributed by atoms with Gasteiger partial charge in [-0.1, -0.05) is 30.7 Å². The third-order valence-corrected chi connectivity index (χ3v) is 6.45. The van der Waals surface area contributed by atoms with Crippen LogP contribution in [0.15, 0.2) is 41.0 Å². The van der Waals surface area contributed by atoms with Gasteiger partial charge in [0, 0.05) is 16.1 Å². The van der Waals surface area contributed by atoms with E-state index in [1.165, 1.54) is 41.5 Å². The third kappa shape index (κ3) is 2.15. The number of nitrogens with two attached hydrogens (primary N) is 1. The summed E-state index contributed by atoms with van der Waals surface area (Å²) < 4.78 is 0. The lowest BCUT2D eigenvalue weighted by Crippen LogP contribution is -2.34. The quantitative estimate of drug-likeness (QED) is 0.862. The van der Waals surface area contributed by atoms with Gasteiger partial charge < -0.3 is 5.73 Å². The van der Waals surface area contributed by atoms with Gasteiger partial charge in [0.15, 0.2) is 0 Å². The molecule has 1 aliphatic heterocycles. The van der Waals surface area contributed by atoms with Gasteiger partial charge in [-0.2, -0.15) is 0 Å². The monoisotopic (exact) mass is 297 g/mol. The molecule has 1 fully saturated rings. The summed E-state index contributed by atoms with van der Waals surface area (Å²) in [6.07, 6.45) is 7.93. The van der Waals surface area contributed by atoms with Gasteiger partial charge in [0.2, 0.25) is 5.91 Å². The fourth-order valence-electron chi connectivity index (χ4n) is 3.89. The van der Waals surface area contributed by atoms with Crippen molar-refractivity contribution >= 4 is 23.7 Å². The highest BCUT2D eigenvalue weighted by Crippen LogP contribution is 2.48. The molecule has 21 heavy (non-hydrogen) atoms. The molecule has 0 bridgehead atoms. The van der Waals surface area contributed by atoms with Crippen molar-refractivity contribution in [1.82, 2.24) is 0 Å². The van der Waals surface area contributed by atoms with Gasteiger partial charge in [0.05, 0.1) is 0 Å². The van der Waals surface area contributed by atoms with E-state index in [4.69, 9.17) is 5.73 Å². The molecule has 0 radical (unpaired) electrons. The van der Waals surface area contributed by atoms with E-state index >= 15 is 0 Å². The van der Waals surface area contributed by atoms with Crippen LogP contribution in [0.3, 0.4) is 0 Å². The summed E-state index contributed by atoms with van der Waals surface area (Å²) in [5, 5.41) is 0.905. The summed E-state index contributed by atoms with van der Waals surface area (Å²) in [4.78, 5) is 12.1. The lowest BCUT2D eigenvalue weighted by Gasteiger charge is -2.39. The zero-order valence-corrected chi connectivity index (χ0v) is 12.8. The Balaban J connectivity index is 1.88. The molecule has 2 unspecified atom stereocenters. The Morgan fingerprint density at radius 2 is 2.05 bits per heavy atom. The van der Waals surface area contributed by atoms with Crippen molar-refractivity contribution in [3.05, 3.63) is 52.1 Å². The largest absolute Gasteiger partial charge is 0.366 e. The van der Waals surface area contributed by atoms with E-state index in [2.05, 4.69) is 42.1 Å².